The third kappa shape index (κ3) is 6.51. The number of ether oxygens (including phenoxy) is 1. The van der Waals surface area contributed by atoms with Gasteiger partial charge in [0.15, 0.2) is 6.61 Å². The highest BCUT2D eigenvalue weighted by Gasteiger charge is 2.13. The van der Waals surface area contributed by atoms with Crippen molar-refractivity contribution in [1.82, 2.24) is 14.7 Å². The number of halogens is 1. The third-order valence-corrected chi connectivity index (χ3v) is 5.67. The molecule has 0 spiro atoms. The van der Waals surface area contributed by atoms with Crippen molar-refractivity contribution >= 4 is 33.5 Å². The van der Waals surface area contributed by atoms with Crippen LogP contribution in [0, 0.1) is 0 Å². The molecule has 0 saturated carbocycles. The largest absolute Gasteiger partial charge is 0.484 e. The highest BCUT2D eigenvalue weighted by molar-refractivity contribution is 7.89. The van der Waals surface area contributed by atoms with E-state index in [-0.39, 0.29) is 29.9 Å². The summed E-state index contributed by atoms with van der Waals surface area (Å²) in [6.45, 7) is 0.0587. The van der Waals surface area contributed by atoms with E-state index in [0.29, 0.717) is 17.2 Å². The zero-order valence-corrected chi connectivity index (χ0v) is 17.4. The lowest BCUT2D eigenvalue weighted by molar-refractivity contribution is -0.118. The van der Waals surface area contributed by atoms with E-state index >= 15 is 0 Å². The summed E-state index contributed by atoms with van der Waals surface area (Å²) in [6.07, 6.45) is 3.55. The van der Waals surface area contributed by atoms with Gasteiger partial charge in [0.1, 0.15) is 5.75 Å². The molecular weight excluding hydrogens is 428 g/mol. The summed E-state index contributed by atoms with van der Waals surface area (Å²) < 4.78 is 32.5. The number of sulfonamides is 1. The molecule has 0 bridgehead atoms. The number of carbonyl (C=O) groups is 1. The molecule has 30 heavy (non-hydrogen) atoms. The van der Waals surface area contributed by atoms with E-state index in [9.17, 15) is 13.2 Å². The SMILES string of the molecule is O=C(COc1ccc(CCNS(=O)(=O)c2ccc(Cl)cc2)cc1)Nc1ncccn1. The maximum atomic E-state index is 12.2. The first-order valence-electron chi connectivity index (χ1n) is 8.96. The quantitative estimate of drug-likeness (QED) is 0.523. The minimum absolute atomic E-state index is 0.162. The number of amides is 1. The zero-order valence-electron chi connectivity index (χ0n) is 15.8. The van der Waals surface area contributed by atoms with Crippen LogP contribution >= 0.6 is 11.6 Å². The van der Waals surface area contributed by atoms with Gasteiger partial charge < -0.3 is 4.74 Å². The number of benzene rings is 2. The average Bonchev–Trinajstić information content (AvgIpc) is 2.74. The predicted octanol–water partition coefficient (Wildman–Crippen LogP) is 2.67. The molecule has 1 aromatic heterocycles. The van der Waals surface area contributed by atoms with Crippen LogP contribution < -0.4 is 14.8 Å². The Morgan fingerprint density at radius 3 is 2.33 bits per heavy atom. The molecule has 0 fully saturated rings. The third-order valence-electron chi connectivity index (χ3n) is 3.94. The van der Waals surface area contributed by atoms with Crippen molar-refractivity contribution in [2.45, 2.75) is 11.3 Å². The Hall–Kier alpha value is -3.01. The Labute approximate surface area is 179 Å². The fraction of sp³-hybridized carbons (Fsp3) is 0.150. The van der Waals surface area contributed by atoms with Gasteiger partial charge in [-0.25, -0.2) is 23.1 Å². The lowest BCUT2D eigenvalue weighted by Gasteiger charge is -2.09. The number of hydrogen-bond donors (Lipinski definition) is 2. The van der Waals surface area contributed by atoms with Gasteiger partial charge in [-0.05, 0) is 54.4 Å². The van der Waals surface area contributed by atoms with E-state index in [1.165, 1.54) is 36.7 Å². The van der Waals surface area contributed by atoms with Crippen LogP contribution in [-0.2, 0) is 21.2 Å². The van der Waals surface area contributed by atoms with Gasteiger partial charge in [0.05, 0.1) is 4.90 Å². The van der Waals surface area contributed by atoms with E-state index in [4.69, 9.17) is 16.3 Å². The van der Waals surface area contributed by atoms with Crippen LogP contribution in [0.15, 0.2) is 71.9 Å². The highest BCUT2D eigenvalue weighted by Crippen LogP contribution is 2.15. The summed E-state index contributed by atoms with van der Waals surface area (Å²) in [4.78, 5) is 19.8. The van der Waals surface area contributed by atoms with Crippen molar-refractivity contribution in [3.05, 3.63) is 77.6 Å². The standard InChI is InChI=1S/C20H19ClN4O4S/c21-16-4-8-18(9-5-16)30(27,28)24-13-10-15-2-6-17(7-3-15)29-14-19(26)25-20-22-11-1-12-23-20/h1-9,11-12,24H,10,13-14H2,(H,22,23,25,26). The zero-order chi connectivity index (χ0) is 21.4. The van der Waals surface area contributed by atoms with Crippen LogP contribution in [0.2, 0.25) is 5.02 Å². The number of hydrogen-bond acceptors (Lipinski definition) is 6. The lowest BCUT2D eigenvalue weighted by Crippen LogP contribution is -2.25. The van der Waals surface area contributed by atoms with E-state index in [0.717, 1.165) is 5.56 Å². The molecule has 1 heterocycles. The number of aromatic nitrogens is 2. The van der Waals surface area contributed by atoms with Crippen LogP contribution in [0.1, 0.15) is 5.56 Å². The summed E-state index contributed by atoms with van der Waals surface area (Å²) in [5.41, 5.74) is 0.920. The summed E-state index contributed by atoms with van der Waals surface area (Å²) in [7, 11) is -3.59. The molecule has 1 amide bonds. The van der Waals surface area contributed by atoms with Crippen molar-refractivity contribution in [3.63, 3.8) is 0 Å². The van der Waals surface area contributed by atoms with Gasteiger partial charge in [0.2, 0.25) is 16.0 Å². The first-order valence-corrected chi connectivity index (χ1v) is 10.8. The predicted molar refractivity (Wildman–Crippen MR) is 113 cm³/mol. The van der Waals surface area contributed by atoms with Gasteiger partial charge in [-0.2, -0.15) is 0 Å². The molecule has 0 aliphatic rings. The molecule has 0 atom stereocenters. The summed E-state index contributed by atoms with van der Waals surface area (Å²) in [6, 6.07) is 14.7. The lowest BCUT2D eigenvalue weighted by atomic mass is 10.1. The van der Waals surface area contributed by atoms with Gasteiger partial charge >= 0.3 is 0 Å². The Bertz CT molecular complexity index is 1080. The van der Waals surface area contributed by atoms with Crippen molar-refractivity contribution in [3.8, 4) is 5.75 Å². The van der Waals surface area contributed by atoms with Crippen molar-refractivity contribution in [1.29, 1.82) is 0 Å². The van der Waals surface area contributed by atoms with Crippen LogP contribution in [0.4, 0.5) is 5.95 Å². The molecule has 0 unspecified atom stereocenters. The van der Waals surface area contributed by atoms with Crippen molar-refractivity contribution in [2.75, 3.05) is 18.5 Å². The van der Waals surface area contributed by atoms with Gasteiger partial charge in [0, 0.05) is 24.0 Å². The first-order chi connectivity index (χ1) is 14.4. The molecule has 156 valence electrons. The Morgan fingerprint density at radius 2 is 1.67 bits per heavy atom. The molecule has 3 aromatic rings. The first kappa shape index (κ1) is 21.7. The summed E-state index contributed by atoms with van der Waals surface area (Å²) in [5.74, 6) is 0.356. The normalized spacial score (nSPS) is 11.1. The van der Waals surface area contributed by atoms with E-state index in [1.807, 2.05) is 12.1 Å². The van der Waals surface area contributed by atoms with Gasteiger partial charge in [-0.1, -0.05) is 23.7 Å². The van der Waals surface area contributed by atoms with Crippen LogP contribution in [0.3, 0.4) is 0 Å². The summed E-state index contributed by atoms with van der Waals surface area (Å²) >= 11 is 5.78. The minimum atomic E-state index is -3.59. The maximum Gasteiger partial charge on any atom is 0.264 e. The molecule has 0 saturated heterocycles. The molecule has 0 aliphatic heterocycles. The van der Waals surface area contributed by atoms with E-state index in [2.05, 4.69) is 20.0 Å². The fourth-order valence-electron chi connectivity index (χ4n) is 2.45. The highest BCUT2D eigenvalue weighted by atomic mass is 35.5. The van der Waals surface area contributed by atoms with Crippen LogP contribution in [-0.4, -0.2) is 37.4 Å². The second kappa shape index (κ2) is 10.1. The molecule has 10 heteroatoms. The van der Waals surface area contributed by atoms with Gasteiger partial charge in [-0.15, -0.1) is 0 Å². The Morgan fingerprint density at radius 1 is 1.00 bits per heavy atom. The Kier molecular flexibility index (Phi) is 7.34. The number of nitrogens with one attached hydrogen (secondary N) is 2. The number of carbonyl (C=O) groups excluding carboxylic acids is 1. The smallest absolute Gasteiger partial charge is 0.264 e. The topological polar surface area (TPSA) is 110 Å². The molecule has 8 nitrogen and oxygen atoms in total. The number of rotatable bonds is 9. The number of anilines is 1. The van der Waals surface area contributed by atoms with Gasteiger partial charge in [-0.3, -0.25) is 10.1 Å². The number of nitrogens with zero attached hydrogens (tertiary/aromatic N) is 2. The Balaban J connectivity index is 1.44. The monoisotopic (exact) mass is 446 g/mol. The molecule has 3 rings (SSSR count). The summed E-state index contributed by atoms with van der Waals surface area (Å²) in [5, 5.41) is 3.00. The van der Waals surface area contributed by atoms with Gasteiger partial charge in [0.25, 0.3) is 5.91 Å². The van der Waals surface area contributed by atoms with Crippen molar-refractivity contribution in [2.24, 2.45) is 0 Å². The minimum Gasteiger partial charge on any atom is -0.484 e. The van der Waals surface area contributed by atoms with Crippen molar-refractivity contribution < 1.29 is 17.9 Å². The van der Waals surface area contributed by atoms with Crippen LogP contribution in [0.25, 0.3) is 0 Å². The molecule has 2 aromatic carbocycles. The van der Waals surface area contributed by atoms with Crippen LogP contribution in [0.5, 0.6) is 5.75 Å². The van der Waals surface area contributed by atoms with E-state index in [1.54, 1.807) is 18.2 Å². The second-order valence-corrected chi connectivity index (χ2v) is 8.36. The molecular formula is C20H19ClN4O4S. The fourth-order valence-corrected chi connectivity index (χ4v) is 3.61. The second-order valence-electron chi connectivity index (χ2n) is 6.15. The molecule has 2 N–H and O–H groups in total. The molecule has 0 aliphatic carbocycles. The van der Waals surface area contributed by atoms with E-state index < -0.39 is 10.0 Å². The maximum absolute atomic E-state index is 12.2. The average molecular weight is 447 g/mol. The molecule has 0 radical (unpaired) electrons.